The van der Waals surface area contributed by atoms with Gasteiger partial charge in [-0.05, 0) is 38.0 Å². The molecule has 0 aliphatic rings. The molecule has 0 saturated carbocycles. The van der Waals surface area contributed by atoms with Crippen molar-refractivity contribution in [3.8, 4) is 0 Å². The summed E-state index contributed by atoms with van der Waals surface area (Å²) < 4.78 is 1.99. The molecule has 2 N–H and O–H groups in total. The van der Waals surface area contributed by atoms with E-state index in [0.29, 0.717) is 23.4 Å². The molecule has 1 aromatic carbocycles. The zero-order valence-electron chi connectivity index (χ0n) is 16.4. The van der Waals surface area contributed by atoms with Crippen molar-refractivity contribution in [1.82, 2.24) is 25.0 Å². The molecule has 2 aromatic heterocycles. The molecule has 154 valence electrons. The summed E-state index contributed by atoms with van der Waals surface area (Å²) >= 11 is 8.90. The van der Waals surface area contributed by atoms with Crippen LogP contribution in [0.2, 0.25) is 5.02 Å². The molecular formula is C18H22ClN7OS2. The van der Waals surface area contributed by atoms with Crippen molar-refractivity contribution in [1.29, 1.82) is 0 Å². The minimum Gasteiger partial charge on any atom is -0.378 e. The van der Waals surface area contributed by atoms with Gasteiger partial charge in [0.1, 0.15) is 5.01 Å². The minimum absolute atomic E-state index is 0.145. The molecular weight excluding hydrogens is 430 g/mol. The van der Waals surface area contributed by atoms with Crippen LogP contribution < -0.4 is 10.6 Å². The maximum atomic E-state index is 12.2. The summed E-state index contributed by atoms with van der Waals surface area (Å²) in [6, 6.07) is 5.84. The Labute approximate surface area is 182 Å². The van der Waals surface area contributed by atoms with Gasteiger partial charge in [-0.1, -0.05) is 47.7 Å². The van der Waals surface area contributed by atoms with Gasteiger partial charge in [0.05, 0.1) is 12.3 Å². The third kappa shape index (κ3) is 5.68. The van der Waals surface area contributed by atoms with Crippen molar-refractivity contribution in [3.63, 3.8) is 0 Å². The van der Waals surface area contributed by atoms with Gasteiger partial charge in [0, 0.05) is 17.3 Å². The summed E-state index contributed by atoms with van der Waals surface area (Å²) in [4.78, 5) is 12.2. The largest absolute Gasteiger partial charge is 0.378 e. The van der Waals surface area contributed by atoms with E-state index in [4.69, 9.17) is 11.6 Å². The number of aryl methyl sites for hydroxylation is 2. The molecule has 0 saturated heterocycles. The molecule has 3 aromatic rings. The van der Waals surface area contributed by atoms with Crippen LogP contribution in [0.25, 0.3) is 0 Å². The van der Waals surface area contributed by atoms with Crippen molar-refractivity contribution in [2.45, 2.75) is 45.4 Å². The van der Waals surface area contributed by atoms with Crippen LogP contribution in [0.15, 0.2) is 23.4 Å². The normalized spacial score (nSPS) is 10.9. The van der Waals surface area contributed by atoms with Crippen LogP contribution in [0.1, 0.15) is 30.2 Å². The van der Waals surface area contributed by atoms with Crippen LogP contribution >= 0.6 is 34.7 Å². The Morgan fingerprint density at radius 1 is 1.24 bits per heavy atom. The number of rotatable bonds is 9. The summed E-state index contributed by atoms with van der Waals surface area (Å²) in [7, 11) is 0. The lowest BCUT2D eigenvalue weighted by Crippen LogP contribution is -2.15. The van der Waals surface area contributed by atoms with Crippen LogP contribution in [0.5, 0.6) is 0 Å². The first-order valence-electron chi connectivity index (χ1n) is 9.17. The van der Waals surface area contributed by atoms with Crippen molar-refractivity contribution in [2.24, 2.45) is 0 Å². The lowest BCUT2D eigenvalue weighted by Gasteiger charge is -2.10. The number of carbonyl (C=O) groups excluding carboxylic acids is 1. The van der Waals surface area contributed by atoms with Gasteiger partial charge in [-0.3, -0.25) is 10.1 Å². The first kappa shape index (κ1) is 21.5. The van der Waals surface area contributed by atoms with E-state index >= 15 is 0 Å². The lowest BCUT2D eigenvalue weighted by atomic mass is 10.2. The highest BCUT2D eigenvalue weighted by atomic mass is 35.5. The molecule has 0 aliphatic carbocycles. The lowest BCUT2D eigenvalue weighted by molar-refractivity contribution is -0.113. The molecule has 2 heterocycles. The molecule has 1 amide bonds. The first-order valence-corrected chi connectivity index (χ1v) is 11.3. The van der Waals surface area contributed by atoms with Crippen LogP contribution in [0.4, 0.5) is 10.8 Å². The van der Waals surface area contributed by atoms with Crippen molar-refractivity contribution in [2.75, 3.05) is 16.4 Å². The van der Waals surface area contributed by atoms with Crippen LogP contribution in [-0.4, -0.2) is 36.6 Å². The molecule has 0 fully saturated rings. The molecule has 0 bridgehead atoms. The maximum absolute atomic E-state index is 12.2. The van der Waals surface area contributed by atoms with Crippen LogP contribution in [0.3, 0.4) is 0 Å². The number of carbonyl (C=O) groups is 1. The molecule has 0 atom stereocenters. The molecule has 0 aliphatic heterocycles. The Morgan fingerprint density at radius 3 is 2.76 bits per heavy atom. The summed E-state index contributed by atoms with van der Waals surface area (Å²) in [5.41, 5.74) is 1.95. The Balaban J connectivity index is 1.56. The monoisotopic (exact) mass is 451 g/mol. The third-order valence-corrected chi connectivity index (χ3v) is 6.44. The molecule has 0 radical (unpaired) electrons. The van der Waals surface area contributed by atoms with Crippen molar-refractivity contribution < 1.29 is 4.79 Å². The fraction of sp³-hybridized carbons (Fsp3) is 0.389. The number of amides is 1. The van der Waals surface area contributed by atoms with Gasteiger partial charge in [0.25, 0.3) is 0 Å². The molecule has 3 rings (SSSR count). The van der Waals surface area contributed by atoms with Gasteiger partial charge in [0.2, 0.25) is 11.0 Å². The number of halogens is 1. The van der Waals surface area contributed by atoms with E-state index < -0.39 is 0 Å². The minimum atomic E-state index is -0.145. The fourth-order valence-electron chi connectivity index (χ4n) is 2.49. The van der Waals surface area contributed by atoms with E-state index in [1.165, 1.54) is 23.1 Å². The van der Waals surface area contributed by atoms with E-state index in [9.17, 15) is 4.79 Å². The van der Waals surface area contributed by atoms with E-state index in [-0.39, 0.29) is 11.7 Å². The Hall–Kier alpha value is -2.17. The number of hydrogen-bond donors (Lipinski definition) is 2. The standard InChI is InChI=1S/C18H22ClN7OS2/c1-4-16-23-24-17(29-16)21-15(27)10-28-18-25-22-14(26(18)5-2)9-20-12-7-6-11(3)13(19)8-12/h6-8,20H,4-5,9-10H2,1-3H3,(H,21,24,27). The zero-order valence-corrected chi connectivity index (χ0v) is 18.8. The van der Waals surface area contributed by atoms with Gasteiger partial charge in [-0.15, -0.1) is 20.4 Å². The first-order chi connectivity index (χ1) is 14.0. The molecule has 29 heavy (non-hydrogen) atoms. The molecule has 0 spiro atoms. The predicted octanol–water partition coefficient (Wildman–Crippen LogP) is 4.02. The number of benzene rings is 1. The molecule has 0 unspecified atom stereocenters. The Bertz CT molecular complexity index is 989. The van der Waals surface area contributed by atoms with E-state index in [1.807, 2.05) is 43.5 Å². The third-order valence-electron chi connectivity index (χ3n) is 4.08. The van der Waals surface area contributed by atoms with E-state index in [0.717, 1.165) is 33.5 Å². The SMILES string of the molecule is CCc1nnc(NC(=O)CSc2nnc(CNc3ccc(C)c(Cl)c3)n2CC)s1. The topological polar surface area (TPSA) is 97.6 Å². The number of aromatic nitrogens is 5. The predicted molar refractivity (Wildman–Crippen MR) is 118 cm³/mol. The van der Waals surface area contributed by atoms with E-state index in [2.05, 4.69) is 31.0 Å². The van der Waals surface area contributed by atoms with Gasteiger partial charge < -0.3 is 9.88 Å². The number of hydrogen-bond acceptors (Lipinski definition) is 8. The highest BCUT2D eigenvalue weighted by Crippen LogP contribution is 2.22. The summed E-state index contributed by atoms with van der Waals surface area (Å²) in [5, 5.41) is 25.4. The van der Waals surface area contributed by atoms with Crippen LogP contribution in [-0.2, 0) is 24.3 Å². The number of nitrogens with zero attached hydrogens (tertiary/aromatic N) is 5. The second kappa shape index (κ2) is 10.0. The molecule has 11 heteroatoms. The zero-order chi connectivity index (χ0) is 20.8. The summed E-state index contributed by atoms with van der Waals surface area (Å²) in [6.07, 6.45) is 0.799. The highest BCUT2D eigenvalue weighted by molar-refractivity contribution is 7.99. The average molecular weight is 452 g/mol. The smallest absolute Gasteiger partial charge is 0.236 e. The summed E-state index contributed by atoms with van der Waals surface area (Å²) in [5.74, 6) is 0.873. The van der Waals surface area contributed by atoms with Gasteiger partial charge in [-0.2, -0.15) is 0 Å². The van der Waals surface area contributed by atoms with E-state index in [1.54, 1.807) is 0 Å². The van der Waals surface area contributed by atoms with Crippen molar-refractivity contribution in [3.05, 3.63) is 39.6 Å². The Kier molecular flexibility index (Phi) is 7.45. The van der Waals surface area contributed by atoms with Crippen LogP contribution in [0, 0.1) is 6.92 Å². The number of anilines is 2. The van der Waals surface area contributed by atoms with Gasteiger partial charge in [0.15, 0.2) is 11.0 Å². The quantitative estimate of drug-likeness (QED) is 0.474. The van der Waals surface area contributed by atoms with Gasteiger partial charge in [-0.25, -0.2) is 0 Å². The Morgan fingerprint density at radius 2 is 2.07 bits per heavy atom. The second-order valence-electron chi connectivity index (χ2n) is 6.15. The van der Waals surface area contributed by atoms with Gasteiger partial charge >= 0.3 is 0 Å². The molecule has 8 nitrogen and oxygen atoms in total. The number of nitrogens with one attached hydrogen (secondary N) is 2. The second-order valence-corrected chi connectivity index (χ2v) is 8.56. The number of thioether (sulfide) groups is 1. The summed E-state index contributed by atoms with van der Waals surface area (Å²) in [6.45, 7) is 7.20. The fourth-order valence-corrected chi connectivity index (χ4v) is 4.19. The maximum Gasteiger partial charge on any atom is 0.236 e. The van der Waals surface area contributed by atoms with Crippen molar-refractivity contribution >= 4 is 51.4 Å². The average Bonchev–Trinajstić information content (AvgIpc) is 3.33. The highest BCUT2D eigenvalue weighted by Gasteiger charge is 2.14.